The van der Waals surface area contributed by atoms with E-state index in [9.17, 15) is 8.78 Å². The summed E-state index contributed by atoms with van der Waals surface area (Å²) in [5.41, 5.74) is 7.43. The van der Waals surface area contributed by atoms with Gasteiger partial charge in [0.25, 0.3) is 5.92 Å². The van der Waals surface area contributed by atoms with E-state index in [1.807, 2.05) is 6.92 Å². The average Bonchev–Trinajstić information content (AvgIpc) is 2.69. The summed E-state index contributed by atoms with van der Waals surface area (Å²) in [6, 6.07) is 6.73. The minimum atomic E-state index is -2.63. The molecule has 0 spiro atoms. The monoisotopic (exact) mass is 405 g/mol. The van der Waals surface area contributed by atoms with Gasteiger partial charge >= 0.3 is 0 Å². The standard InChI is InChI=1S/C20H25F2N5O2/c1-13(11-28-2)29-14-3-4-16(23)15(9-14)19(24)17-10-18(26-12-25-17)27-7-5-20(21,22)6-8-27/h3-4,9-10,12-13,24H,5-8,11,23H2,1-2H3/t13-/m0/s1. The molecule has 156 valence electrons. The molecule has 1 saturated heterocycles. The maximum Gasteiger partial charge on any atom is 0.251 e. The van der Waals surface area contributed by atoms with E-state index in [2.05, 4.69) is 9.97 Å². The van der Waals surface area contributed by atoms with E-state index >= 15 is 0 Å². The van der Waals surface area contributed by atoms with E-state index in [0.29, 0.717) is 35.1 Å². The van der Waals surface area contributed by atoms with Gasteiger partial charge in [-0.3, -0.25) is 5.41 Å². The number of nitrogens with zero attached hydrogens (tertiary/aromatic N) is 3. The number of hydrogen-bond donors (Lipinski definition) is 2. The fourth-order valence-electron chi connectivity index (χ4n) is 3.18. The molecule has 1 aromatic carbocycles. The Morgan fingerprint density at radius 2 is 2.00 bits per heavy atom. The van der Waals surface area contributed by atoms with Gasteiger partial charge in [-0.25, -0.2) is 18.7 Å². The van der Waals surface area contributed by atoms with Gasteiger partial charge in [-0.15, -0.1) is 0 Å². The first-order chi connectivity index (χ1) is 13.8. The number of piperidine rings is 1. The predicted molar refractivity (Wildman–Crippen MR) is 107 cm³/mol. The quantitative estimate of drug-likeness (QED) is 0.543. The van der Waals surface area contributed by atoms with E-state index in [-0.39, 0.29) is 37.7 Å². The third kappa shape index (κ3) is 5.17. The number of anilines is 2. The molecule has 7 nitrogen and oxygen atoms in total. The minimum Gasteiger partial charge on any atom is -0.488 e. The van der Waals surface area contributed by atoms with Crippen molar-refractivity contribution in [2.75, 3.05) is 37.4 Å². The van der Waals surface area contributed by atoms with Gasteiger partial charge in [0.05, 0.1) is 18.0 Å². The maximum absolute atomic E-state index is 13.4. The molecule has 2 heterocycles. The molecule has 29 heavy (non-hydrogen) atoms. The van der Waals surface area contributed by atoms with Crippen molar-refractivity contribution in [3.63, 3.8) is 0 Å². The largest absolute Gasteiger partial charge is 0.488 e. The molecule has 3 N–H and O–H groups in total. The van der Waals surface area contributed by atoms with Crippen LogP contribution in [0.15, 0.2) is 30.6 Å². The molecule has 2 aromatic rings. The second kappa shape index (κ2) is 8.69. The molecular formula is C20H25F2N5O2. The molecule has 1 aliphatic heterocycles. The molecule has 0 amide bonds. The summed E-state index contributed by atoms with van der Waals surface area (Å²) in [7, 11) is 1.60. The number of aromatic nitrogens is 2. The zero-order valence-corrected chi connectivity index (χ0v) is 16.5. The van der Waals surface area contributed by atoms with Crippen molar-refractivity contribution in [3.05, 3.63) is 41.9 Å². The van der Waals surface area contributed by atoms with E-state index in [1.165, 1.54) is 6.33 Å². The molecule has 0 radical (unpaired) electrons. The van der Waals surface area contributed by atoms with E-state index in [4.69, 9.17) is 20.6 Å². The molecular weight excluding hydrogens is 380 g/mol. The van der Waals surface area contributed by atoms with Crippen LogP contribution in [-0.4, -0.2) is 54.5 Å². The van der Waals surface area contributed by atoms with Crippen LogP contribution in [0.5, 0.6) is 5.75 Å². The number of hydrogen-bond acceptors (Lipinski definition) is 7. The Morgan fingerprint density at radius 1 is 1.28 bits per heavy atom. The minimum absolute atomic E-state index is 0.110. The lowest BCUT2D eigenvalue weighted by molar-refractivity contribution is -0.0221. The Labute approximate surface area is 168 Å². The third-order valence-electron chi connectivity index (χ3n) is 4.76. The smallest absolute Gasteiger partial charge is 0.251 e. The summed E-state index contributed by atoms with van der Waals surface area (Å²) in [6.45, 7) is 2.73. The van der Waals surface area contributed by atoms with E-state index < -0.39 is 5.92 Å². The van der Waals surface area contributed by atoms with Crippen LogP contribution in [0.25, 0.3) is 0 Å². The van der Waals surface area contributed by atoms with Crippen molar-refractivity contribution in [3.8, 4) is 5.75 Å². The number of rotatable bonds is 7. The Kier molecular flexibility index (Phi) is 6.26. The first kappa shape index (κ1) is 20.9. The van der Waals surface area contributed by atoms with Crippen LogP contribution >= 0.6 is 0 Å². The summed E-state index contributed by atoms with van der Waals surface area (Å²) >= 11 is 0. The average molecular weight is 405 g/mol. The highest BCUT2D eigenvalue weighted by molar-refractivity contribution is 6.13. The molecule has 0 unspecified atom stereocenters. The van der Waals surface area contributed by atoms with Crippen molar-refractivity contribution in [2.24, 2.45) is 0 Å². The number of halogens is 2. The van der Waals surface area contributed by atoms with Gasteiger partial charge in [0.2, 0.25) is 0 Å². The molecule has 1 aliphatic rings. The van der Waals surface area contributed by atoms with Crippen LogP contribution in [0.4, 0.5) is 20.3 Å². The summed E-state index contributed by atoms with van der Waals surface area (Å²) in [5, 5.41) is 8.56. The van der Waals surface area contributed by atoms with Crippen molar-refractivity contribution in [2.45, 2.75) is 31.8 Å². The highest BCUT2D eigenvalue weighted by Crippen LogP contribution is 2.30. The van der Waals surface area contributed by atoms with Gasteiger partial charge in [0.15, 0.2) is 0 Å². The van der Waals surface area contributed by atoms with Crippen molar-refractivity contribution in [1.29, 1.82) is 5.41 Å². The SMILES string of the molecule is COC[C@H](C)Oc1ccc(N)c(C(=N)c2cc(N3CCC(F)(F)CC3)ncn2)c1. The van der Waals surface area contributed by atoms with Crippen LogP contribution in [0.2, 0.25) is 0 Å². The second-order valence-corrected chi connectivity index (χ2v) is 7.11. The molecule has 1 fully saturated rings. The Morgan fingerprint density at radius 3 is 2.69 bits per heavy atom. The second-order valence-electron chi connectivity index (χ2n) is 7.11. The number of alkyl halides is 2. The van der Waals surface area contributed by atoms with Crippen molar-refractivity contribution in [1.82, 2.24) is 9.97 Å². The fraction of sp³-hybridized carbons (Fsp3) is 0.450. The van der Waals surface area contributed by atoms with Crippen LogP contribution < -0.4 is 15.4 Å². The number of methoxy groups -OCH3 is 1. The molecule has 0 bridgehead atoms. The van der Waals surface area contributed by atoms with Crippen LogP contribution in [0.3, 0.4) is 0 Å². The summed E-state index contributed by atoms with van der Waals surface area (Å²) in [4.78, 5) is 10.1. The van der Waals surface area contributed by atoms with Gasteiger partial charge in [-0.2, -0.15) is 0 Å². The molecule has 1 atom stereocenters. The molecule has 9 heteroatoms. The highest BCUT2D eigenvalue weighted by atomic mass is 19.3. The summed E-state index contributed by atoms with van der Waals surface area (Å²) in [6.07, 6.45) is 0.753. The topological polar surface area (TPSA) is 97.4 Å². The van der Waals surface area contributed by atoms with Gasteiger partial charge in [0.1, 0.15) is 24.0 Å². The van der Waals surface area contributed by atoms with Gasteiger partial charge in [-0.05, 0) is 25.1 Å². The number of benzene rings is 1. The normalized spacial score (nSPS) is 17.0. The number of nitrogens with one attached hydrogen (secondary N) is 1. The molecule has 3 rings (SSSR count). The van der Waals surface area contributed by atoms with Crippen LogP contribution in [0.1, 0.15) is 31.0 Å². The lowest BCUT2D eigenvalue weighted by Crippen LogP contribution is -2.39. The van der Waals surface area contributed by atoms with Crippen LogP contribution in [-0.2, 0) is 4.74 Å². The highest BCUT2D eigenvalue weighted by Gasteiger charge is 2.34. The lowest BCUT2D eigenvalue weighted by Gasteiger charge is -2.32. The van der Waals surface area contributed by atoms with Gasteiger partial charge < -0.3 is 20.1 Å². The van der Waals surface area contributed by atoms with E-state index in [0.717, 1.165) is 0 Å². The first-order valence-corrected chi connectivity index (χ1v) is 9.38. The third-order valence-corrected chi connectivity index (χ3v) is 4.76. The van der Waals surface area contributed by atoms with Crippen molar-refractivity contribution < 1.29 is 18.3 Å². The summed E-state index contributed by atoms with van der Waals surface area (Å²) < 4.78 is 37.7. The zero-order chi connectivity index (χ0) is 21.0. The number of nitrogens with two attached hydrogens (primary N) is 1. The lowest BCUT2D eigenvalue weighted by atomic mass is 10.0. The summed E-state index contributed by atoms with van der Waals surface area (Å²) in [5.74, 6) is -1.54. The van der Waals surface area contributed by atoms with Crippen LogP contribution in [0, 0.1) is 5.41 Å². The maximum atomic E-state index is 13.4. The first-order valence-electron chi connectivity index (χ1n) is 9.38. The molecule has 0 saturated carbocycles. The van der Waals surface area contributed by atoms with E-state index in [1.54, 1.807) is 36.3 Å². The molecule has 1 aromatic heterocycles. The number of ether oxygens (including phenoxy) is 2. The van der Waals surface area contributed by atoms with Gasteiger partial charge in [0, 0.05) is 50.4 Å². The number of nitrogen functional groups attached to an aromatic ring is 1. The Hall–Kier alpha value is -2.81. The Balaban J connectivity index is 1.80. The Bertz CT molecular complexity index is 868. The van der Waals surface area contributed by atoms with Crippen molar-refractivity contribution >= 4 is 17.2 Å². The fourth-order valence-corrected chi connectivity index (χ4v) is 3.18. The van der Waals surface area contributed by atoms with Gasteiger partial charge in [-0.1, -0.05) is 0 Å². The predicted octanol–water partition coefficient (Wildman–Crippen LogP) is 3.12. The zero-order valence-electron chi connectivity index (χ0n) is 16.5. The molecule has 0 aliphatic carbocycles.